The van der Waals surface area contributed by atoms with Gasteiger partial charge in [-0.15, -0.1) is 10.2 Å². The van der Waals surface area contributed by atoms with E-state index in [0.717, 1.165) is 15.5 Å². The smallest absolute Gasteiger partial charge is 0.452 e. The fraction of sp³-hybridized carbons (Fsp3) is 0.556. The minimum atomic E-state index is -4.66. The average molecular weight is 551 g/mol. The maximum atomic E-state index is 13.5. The number of carbonyl (C=O) groups is 1. The molecule has 3 rings (SSSR count). The standard InChI is InChI=1S/C27H37F3N4O3Si/c1-16-14-31-20(13-18(16)15-37-38(9,10)25(3,4)5)21(26(6,7)24(35)36-8)19-11-12-34-22(17(19)2)32-33-23(34)27(28,29)30/h11-14,21H,15H2,1-10H3. The lowest BCUT2D eigenvalue weighted by Crippen LogP contribution is -2.40. The lowest BCUT2D eigenvalue weighted by molar-refractivity contribution is -0.151. The second kappa shape index (κ2) is 10.1. The number of hydrogen-bond donors (Lipinski definition) is 0. The van der Waals surface area contributed by atoms with Gasteiger partial charge < -0.3 is 9.16 Å². The molecule has 0 fully saturated rings. The molecule has 0 spiro atoms. The van der Waals surface area contributed by atoms with Gasteiger partial charge in [-0.25, -0.2) is 0 Å². The number of ether oxygens (including phenoxy) is 1. The van der Waals surface area contributed by atoms with E-state index in [0.29, 0.717) is 23.4 Å². The number of halogens is 3. The normalized spacial score (nSPS) is 14.1. The van der Waals surface area contributed by atoms with Gasteiger partial charge in [-0.05, 0) is 80.2 Å². The number of fused-ring (bicyclic) bond motifs is 1. The number of aromatic nitrogens is 4. The van der Waals surface area contributed by atoms with Crippen LogP contribution in [-0.4, -0.2) is 41.0 Å². The summed E-state index contributed by atoms with van der Waals surface area (Å²) in [5, 5.41) is 7.23. The summed E-state index contributed by atoms with van der Waals surface area (Å²) in [6, 6.07) is 3.50. The third-order valence-electron chi connectivity index (χ3n) is 7.79. The number of rotatable bonds is 7. The van der Waals surface area contributed by atoms with Crippen LogP contribution in [0.2, 0.25) is 18.1 Å². The molecule has 3 heterocycles. The first-order valence-corrected chi connectivity index (χ1v) is 15.3. The Morgan fingerprint density at radius 2 is 1.74 bits per heavy atom. The predicted octanol–water partition coefficient (Wildman–Crippen LogP) is 6.61. The van der Waals surface area contributed by atoms with E-state index in [2.05, 4.69) is 49.0 Å². The van der Waals surface area contributed by atoms with Gasteiger partial charge in [0.05, 0.1) is 19.1 Å². The first kappa shape index (κ1) is 29.8. The van der Waals surface area contributed by atoms with E-state index in [1.54, 1.807) is 33.0 Å². The Morgan fingerprint density at radius 1 is 1.11 bits per heavy atom. The molecule has 0 aliphatic rings. The Kier molecular flexibility index (Phi) is 7.88. The van der Waals surface area contributed by atoms with Gasteiger partial charge in [0, 0.05) is 24.0 Å². The van der Waals surface area contributed by atoms with Crippen molar-refractivity contribution in [3.63, 3.8) is 0 Å². The largest absolute Gasteiger partial charge is 0.469 e. The summed E-state index contributed by atoms with van der Waals surface area (Å²) < 4.78 is 52.9. The summed E-state index contributed by atoms with van der Waals surface area (Å²) in [5.41, 5.74) is 2.51. The summed E-state index contributed by atoms with van der Waals surface area (Å²) >= 11 is 0. The number of methoxy groups -OCH3 is 1. The zero-order chi connectivity index (χ0) is 28.8. The third kappa shape index (κ3) is 5.49. The summed E-state index contributed by atoms with van der Waals surface area (Å²) in [5.74, 6) is -2.22. The Morgan fingerprint density at radius 3 is 2.29 bits per heavy atom. The first-order chi connectivity index (χ1) is 17.3. The molecule has 3 aromatic heterocycles. The zero-order valence-electron chi connectivity index (χ0n) is 23.7. The van der Waals surface area contributed by atoms with Gasteiger partial charge in [-0.1, -0.05) is 20.8 Å². The van der Waals surface area contributed by atoms with Crippen LogP contribution in [0.1, 0.15) is 74.3 Å². The van der Waals surface area contributed by atoms with Crippen molar-refractivity contribution in [1.82, 2.24) is 19.6 Å². The van der Waals surface area contributed by atoms with Crippen LogP contribution in [0.15, 0.2) is 24.5 Å². The summed E-state index contributed by atoms with van der Waals surface area (Å²) in [7, 11) is -0.725. The minimum Gasteiger partial charge on any atom is -0.469 e. The Hall–Kier alpha value is -2.79. The van der Waals surface area contributed by atoms with Crippen molar-refractivity contribution in [3.8, 4) is 0 Å². The highest BCUT2D eigenvalue weighted by molar-refractivity contribution is 6.74. The molecule has 7 nitrogen and oxygen atoms in total. The van der Waals surface area contributed by atoms with Crippen LogP contribution < -0.4 is 0 Å². The average Bonchev–Trinajstić information content (AvgIpc) is 3.25. The molecule has 11 heteroatoms. The third-order valence-corrected chi connectivity index (χ3v) is 12.3. The molecule has 1 unspecified atom stereocenters. The van der Waals surface area contributed by atoms with Crippen LogP contribution in [-0.2, 0) is 26.7 Å². The molecule has 0 aliphatic heterocycles. The SMILES string of the molecule is COC(=O)C(C)(C)C(c1cc(CO[Si](C)(C)C(C)(C)C)c(C)cn1)c1ccn2c(C(F)(F)F)nnc2c1C. The molecule has 1 atom stereocenters. The molecule has 0 bridgehead atoms. The van der Waals surface area contributed by atoms with E-state index >= 15 is 0 Å². The van der Waals surface area contributed by atoms with Gasteiger partial charge in [0.2, 0.25) is 5.82 Å². The maximum absolute atomic E-state index is 13.5. The lowest BCUT2D eigenvalue weighted by Gasteiger charge is -2.36. The summed E-state index contributed by atoms with van der Waals surface area (Å²) in [4.78, 5) is 17.7. The molecule has 0 radical (unpaired) electrons. The van der Waals surface area contributed by atoms with Gasteiger partial charge >= 0.3 is 12.1 Å². The Labute approximate surface area is 222 Å². The second-order valence-corrected chi connectivity index (χ2v) is 16.7. The Balaban J connectivity index is 2.18. The number of esters is 1. The number of aryl methyl sites for hydroxylation is 2. The van der Waals surface area contributed by atoms with Gasteiger partial charge in [-0.3, -0.25) is 14.2 Å². The maximum Gasteiger partial charge on any atom is 0.452 e. The van der Waals surface area contributed by atoms with Crippen molar-refractivity contribution in [2.45, 2.75) is 85.3 Å². The monoisotopic (exact) mass is 550 g/mol. The molecular weight excluding hydrogens is 513 g/mol. The van der Waals surface area contributed by atoms with Gasteiger partial charge in [0.15, 0.2) is 14.0 Å². The van der Waals surface area contributed by atoms with Gasteiger partial charge in [0.25, 0.3) is 0 Å². The summed E-state index contributed by atoms with van der Waals surface area (Å²) in [6.07, 6.45) is -1.63. The van der Waals surface area contributed by atoms with Crippen LogP contribution in [0.5, 0.6) is 0 Å². The highest BCUT2D eigenvalue weighted by atomic mass is 28.4. The van der Waals surface area contributed by atoms with Crippen LogP contribution in [0.3, 0.4) is 0 Å². The van der Waals surface area contributed by atoms with Crippen molar-refractivity contribution < 1.29 is 27.1 Å². The fourth-order valence-electron chi connectivity index (χ4n) is 4.27. The van der Waals surface area contributed by atoms with Gasteiger partial charge in [0.1, 0.15) is 0 Å². The first-order valence-electron chi connectivity index (χ1n) is 12.4. The topological polar surface area (TPSA) is 78.6 Å². The molecule has 0 amide bonds. The van der Waals surface area contributed by atoms with E-state index in [9.17, 15) is 18.0 Å². The number of carbonyl (C=O) groups excluding carboxylic acids is 1. The van der Waals surface area contributed by atoms with E-state index in [-0.39, 0.29) is 10.7 Å². The van der Waals surface area contributed by atoms with Crippen molar-refractivity contribution in [2.24, 2.45) is 5.41 Å². The lowest BCUT2D eigenvalue weighted by atomic mass is 9.71. The molecule has 208 valence electrons. The van der Waals surface area contributed by atoms with E-state index in [4.69, 9.17) is 9.16 Å². The Bertz CT molecular complexity index is 1340. The number of hydrogen-bond acceptors (Lipinski definition) is 6. The molecule has 0 aliphatic carbocycles. The highest BCUT2D eigenvalue weighted by Gasteiger charge is 2.43. The number of alkyl halides is 3. The predicted molar refractivity (Wildman–Crippen MR) is 141 cm³/mol. The fourth-order valence-corrected chi connectivity index (χ4v) is 5.22. The van der Waals surface area contributed by atoms with Crippen molar-refractivity contribution in [3.05, 3.63) is 58.3 Å². The van der Waals surface area contributed by atoms with Crippen LogP contribution in [0, 0.1) is 19.3 Å². The molecular formula is C27H37F3N4O3Si. The molecule has 0 saturated carbocycles. The highest BCUT2D eigenvalue weighted by Crippen LogP contribution is 2.44. The van der Waals surface area contributed by atoms with E-state index < -0.39 is 37.6 Å². The van der Waals surface area contributed by atoms with E-state index in [1.807, 2.05) is 13.0 Å². The molecule has 38 heavy (non-hydrogen) atoms. The quantitative estimate of drug-likeness (QED) is 0.243. The van der Waals surface area contributed by atoms with Gasteiger partial charge in [-0.2, -0.15) is 13.2 Å². The van der Waals surface area contributed by atoms with Crippen LogP contribution in [0.25, 0.3) is 5.65 Å². The van der Waals surface area contributed by atoms with Crippen LogP contribution >= 0.6 is 0 Å². The summed E-state index contributed by atoms with van der Waals surface area (Å²) in [6.45, 7) is 18.4. The molecule has 0 saturated heterocycles. The molecule has 3 aromatic rings. The minimum absolute atomic E-state index is 0.0339. The zero-order valence-corrected chi connectivity index (χ0v) is 24.7. The van der Waals surface area contributed by atoms with Crippen molar-refractivity contribution >= 4 is 19.9 Å². The number of pyridine rings is 2. The van der Waals surface area contributed by atoms with Crippen molar-refractivity contribution in [2.75, 3.05) is 7.11 Å². The number of nitrogens with zero attached hydrogens (tertiary/aromatic N) is 4. The molecule has 0 N–H and O–H groups in total. The molecule has 0 aromatic carbocycles. The second-order valence-electron chi connectivity index (χ2n) is 11.8. The van der Waals surface area contributed by atoms with E-state index in [1.165, 1.54) is 13.3 Å². The van der Waals surface area contributed by atoms with Crippen molar-refractivity contribution in [1.29, 1.82) is 0 Å². The van der Waals surface area contributed by atoms with Crippen LogP contribution in [0.4, 0.5) is 13.2 Å².